The first-order valence-electron chi connectivity index (χ1n) is 7.53. The zero-order chi connectivity index (χ0) is 16.2. The second-order valence-corrected chi connectivity index (χ2v) is 5.54. The monoisotopic (exact) mass is 310 g/mol. The van der Waals surface area contributed by atoms with E-state index < -0.39 is 0 Å². The fourth-order valence-electron chi connectivity index (χ4n) is 2.68. The van der Waals surface area contributed by atoms with Gasteiger partial charge in [-0.2, -0.15) is 0 Å². The van der Waals surface area contributed by atoms with E-state index in [1.807, 2.05) is 18.2 Å². The number of aromatic nitrogens is 1. The highest BCUT2D eigenvalue weighted by Crippen LogP contribution is 2.24. The molecule has 1 heterocycles. The molecule has 0 saturated carbocycles. The molecule has 4 heteroatoms. The molecule has 0 aliphatic rings. The number of anilines is 1. The standard InChI is InChI=1S/C19H19FN2O/c1-13-4-3-5-16-18(8-9-21-19(13)16)22-11-14-6-7-17(20)15(10-14)12-23-2/h3-10H,11-12H2,1-2H3,(H,21,22). The molecule has 0 bridgehead atoms. The molecule has 0 atom stereocenters. The van der Waals surface area contributed by atoms with Gasteiger partial charge in [0.05, 0.1) is 12.1 Å². The largest absolute Gasteiger partial charge is 0.380 e. The molecule has 0 radical (unpaired) electrons. The first kappa shape index (κ1) is 15.4. The van der Waals surface area contributed by atoms with Crippen LogP contribution < -0.4 is 5.32 Å². The lowest BCUT2D eigenvalue weighted by Crippen LogP contribution is -2.02. The van der Waals surface area contributed by atoms with E-state index in [2.05, 4.69) is 29.4 Å². The molecule has 23 heavy (non-hydrogen) atoms. The number of benzene rings is 2. The maximum Gasteiger partial charge on any atom is 0.128 e. The summed E-state index contributed by atoms with van der Waals surface area (Å²) in [7, 11) is 1.57. The van der Waals surface area contributed by atoms with Crippen molar-refractivity contribution in [1.29, 1.82) is 0 Å². The van der Waals surface area contributed by atoms with Gasteiger partial charge in [-0.1, -0.05) is 24.3 Å². The highest BCUT2D eigenvalue weighted by molar-refractivity contribution is 5.92. The summed E-state index contributed by atoms with van der Waals surface area (Å²) in [4.78, 5) is 4.44. The van der Waals surface area contributed by atoms with Crippen LogP contribution in [0.5, 0.6) is 0 Å². The van der Waals surface area contributed by atoms with Gasteiger partial charge >= 0.3 is 0 Å². The minimum atomic E-state index is -0.236. The summed E-state index contributed by atoms with van der Waals surface area (Å²) in [6, 6.07) is 13.2. The summed E-state index contributed by atoms with van der Waals surface area (Å²) in [6.07, 6.45) is 1.80. The Bertz CT molecular complexity index is 833. The zero-order valence-corrected chi connectivity index (χ0v) is 13.3. The number of aryl methyl sites for hydroxylation is 1. The van der Waals surface area contributed by atoms with E-state index >= 15 is 0 Å². The molecule has 3 rings (SSSR count). The Morgan fingerprint density at radius 2 is 2.04 bits per heavy atom. The van der Waals surface area contributed by atoms with Gasteiger partial charge in [0.25, 0.3) is 0 Å². The summed E-state index contributed by atoms with van der Waals surface area (Å²) in [5.41, 5.74) is 4.75. The van der Waals surface area contributed by atoms with Gasteiger partial charge in [-0.05, 0) is 36.2 Å². The Morgan fingerprint density at radius 1 is 1.17 bits per heavy atom. The number of methoxy groups -OCH3 is 1. The molecule has 0 aliphatic heterocycles. The van der Waals surface area contributed by atoms with Gasteiger partial charge in [0.1, 0.15) is 5.82 Å². The number of fused-ring (bicyclic) bond motifs is 1. The van der Waals surface area contributed by atoms with E-state index in [-0.39, 0.29) is 12.4 Å². The van der Waals surface area contributed by atoms with Crippen LogP contribution in [0.2, 0.25) is 0 Å². The summed E-state index contributed by atoms with van der Waals surface area (Å²) in [5, 5.41) is 4.51. The van der Waals surface area contributed by atoms with Crippen molar-refractivity contribution in [2.24, 2.45) is 0 Å². The number of nitrogens with one attached hydrogen (secondary N) is 1. The van der Waals surface area contributed by atoms with Gasteiger partial charge in [-0.15, -0.1) is 0 Å². The number of rotatable bonds is 5. The molecular weight excluding hydrogens is 291 g/mol. The molecular formula is C19H19FN2O. The van der Waals surface area contributed by atoms with Crippen LogP contribution in [0.4, 0.5) is 10.1 Å². The third kappa shape index (κ3) is 3.32. The normalized spacial score (nSPS) is 10.9. The quantitative estimate of drug-likeness (QED) is 0.756. The van der Waals surface area contributed by atoms with Gasteiger partial charge in [-0.25, -0.2) is 4.39 Å². The highest BCUT2D eigenvalue weighted by Gasteiger charge is 2.06. The van der Waals surface area contributed by atoms with Crippen molar-refractivity contribution in [1.82, 2.24) is 4.98 Å². The second-order valence-electron chi connectivity index (χ2n) is 5.54. The zero-order valence-electron chi connectivity index (χ0n) is 13.3. The average molecular weight is 310 g/mol. The lowest BCUT2D eigenvalue weighted by Gasteiger charge is -2.11. The van der Waals surface area contributed by atoms with E-state index in [1.165, 1.54) is 6.07 Å². The first-order valence-corrected chi connectivity index (χ1v) is 7.53. The fraction of sp³-hybridized carbons (Fsp3) is 0.211. The van der Waals surface area contributed by atoms with Crippen LogP contribution in [0.25, 0.3) is 10.9 Å². The van der Waals surface area contributed by atoms with Gasteiger partial charge in [-0.3, -0.25) is 4.98 Å². The van der Waals surface area contributed by atoms with E-state index in [0.717, 1.165) is 27.7 Å². The Kier molecular flexibility index (Phi) is 4.53. The smallest absolute Gasteiger partial charge is 0.128 e. The van der Waals surface area contributed by atoms with Crippen molar-refractivity contribution in [2.75, 3.05) is 12.4 Å². The number of hydrogen-bond acceptors (Lipinski definition) is 3. The lowest BCUT2D eigenvalue weighted by atomic mass is 10.1. The van der Waals surface area contributed by atoms with Crippen LogP contribution >= 0.6 is 0 Å². The van der Waals surface area contributed by atoms with E-state index in [9.17, 15) is 4.39 Å². The number of pyridine rings is 1. The predicted molar refractivity (Wildman–Crippen MR) is 90.9 cm³/mol. The Balaban J connectivity index is 1.84. The van der Waals surface area contributed by atoms with Gasteiger partial charge in [0.15, 0.2) is 0 Å². The summed E-state index contributed by atoms with van der Waals surface area (Å²) < 4.78 is 18.7. The molecule has 1 N–H and O–H groups in total. The van der Waals surface area contributed by atoms with Crippen molar-refractivity contribution >= 4 is 16.6 Å². The average Bonchev–Trinajstić information content (AvgIpc) is 2.56. The maximum absolute atomic E-state index is 13.7. The van der Waals surface area contributed by atoms with Gasteiger partial charge < -0.3 is 10.1 Å². The summed E-state index contributed by atoms with van der Waals surface area (Å²) in [6.45, 7) is 2.94. The lowest BCUT2D eigenvalue weighted by molar-refractivity contribution is 0.181. The van der Waals surface area contributed by atoms with Crippen molar-refractivity contribution in [3.05, 3.63) is 71.2 Å². The first-order chi connectivity index (χ1) is 11.2. The topological polar surface area (TPSA) is 34.1 Å². The maximum atomic E-state index is 13.7. The molecule has 3 nitrogen and oxygen atoms in total. The van der Waals surface area contributed by atoms with Crippen molar-refractivity contribution < 1.29 is 9.13 Å². The van der Waals surface area contributed by atoms with Crippen LogP contribution in [0.15, 0.2) is 48.7 Å². The highest BCUT2D eigenvalue weighted by atomic mass is 19.1. The molecule has 0 spiro atoms. The van der Waals surface area contributed by atoms with Crippen molar-refractivity contribution in [3.8, 4) is 0 Å². The van der Waals surface area contributed by atoms with Gasteiger partial charge in [0.2, 0.25) is 0 Å². The van der Waals surface area contributed by atoms with Crippen LogP contribution in [-0.2, 0) is 17.9 Å². The minimum absolute atomic E-state index is 0.236. The molecule has 0 aliphatic carbocycles. The Labute approximate surface area is 135 Å². The number of nitrogens with zero attached hydrogens (tertiary/aromatic N) is 1. The number of para-hydroxylation sites is 1. The van der Waals surface area contributed by atoms with Crippen LogP contribution in [0, 0.1) is 12.7 Å². The van der Waals surface area contributed by atoms with Crippen molar-refractivity contribution in [3.63, 3.8) is 0 Å². The third-order valence-corrected chi connectivity index (χ3v) is 3.87. The number of hydrogen-bond donors (Lipinski definition) is 1. The molecule has 0 amide bonds. The number of ether oxygens (including phenoxy) is 1. The molecule has 0 fully saturated rings. The van der Waals surface area contributed by atoms with E-state index in [0.29, 0.717) is 12.1 Å². The predicted octanol–water partition coefficient (Wildman–Crippen LogP) is 4.44. The Morgan fingerprint density at radius 3 is 2.87 bits per heavy atom. The van der Waals surface area contributed by atoms with Crippen LogP contribution in [-0.4, -0.2) is 12.1 Å². The number of halogens is 1. The van der Waals surface area contributed by atoms with Crippen LogP contribution in [0.1, 0.15) is 16.7 Å². The third-order valence-electron chi connectivity index (χ3n) is 3.87. The van der Waals surface area contributed by atoms with E-state index in [4.69, 9.17) is 4.74 Å². The Hall–Kier alpha value is -2.46. The summed E-state index contributed by atoms with van der Waals surface area (Å²) >= 11 is 0. The molecule has 0 unspecified atom stereocenters. The minimum Gasteiger partial charge on any atom is -0.380 e. The molecule has 1 aromatic heterocycles. The fourth-order valence-corrected chi connectivity index (χ4v) is 2.68. The van der Waals surface area contributed by atoms with Crippen LogP contribution in [0.3, 0.4) is 0 Å². The molecule has 3 aromatic rings. The van der Waals surface area contributed by atoms with Crippen molar-refractivity contribution in [2.45, 2.75) is 20.1 Å². The molecule has 0 saturated heterocycles. The van der Waals surface area contributed by atoms with Gasteiger partial charge in [0, 0.05) is 36.5 Å². The second kappa shape index (κ2) is 6.75. The molecule has 2 aromatic carbocycles. The SMILES string of the molecule is COCc1cc(CNc2ccnc3c(C)cccc23)ccc1F. The van der Waals surface area contributed by atoms with E-state index in [1.54, 1.807) is 19.4 Å². The molecule has 118 valence electrons. The summed E-state index contributed by atoms with van der Waals surface area (Å²) in [5.74, 6) is -0.236.